The SMILES string of the molecule is [N-]=[N+]=NCCOCCOCCOCNC(=O)CNC(=O)OCC1c2ccccc2-c2ccccc21. The first-order chi connectivity index (χ1) is 17.2. The minimum atomic E-state index is -0.655. The number of benzene rings is 2. The highest BCUT2D eigenvalue weighted by atomic mass is 16.6. The fourth-order valence-electron chi connectivity index (χ4n) is 3.66. The second-order valence-corrected chi connectivity index (χ2v) is 7.51. The minimum Gasteiger partial charge on any atom is -0.449 e. The van der Waals surface area contributed by atoms with Crippen LogP contribution in [0.2, 0.25) is 0 Å². The number of carbonyl (C=O) groups excluding carboxylic acids is 2. The van der Waals surface area contributed by atoms with Crippen LogP contribution in [0.15, 0.2) is 53.6 Å². The Morgan fingerprint density at radius 1 is 0.857 bits per heavy atom. The number of hydrogen-bond donors (Lipinski definition) is 2. The second-order valence-electron chi connectivity index (χ2n) is 7.51. The molecule has 0 aliphatic heterocycles. The molecule has 0 atom stereocenters. The Balaban J connectivity index is 1.23. The van der Waals surface area contributed by atoms with Crippen LogP contribution in [0.4, 0.5) is 4.79 Å². The number of hydrogen-bond acceptors (Lipinski definition) is 7. The summed E-state index contributed by atoms with van der Waals surface area (Å²) in [5, 5.41) is 8.34. The van der Waals surface area contributed by atoms with Crippen molar-refractivity contribution in [3.05, 3.63) is 70.1 Å². The van der Waals surface area contributed by atoms with Crippen molar-refractivity contribution in [3.63, 3.8) is 0 Å². The highest BCUT2D eigenvalue weighted by Crippen LogP contribution is 2.44. The van der Waals surface area contributed by atoms with Gasteiger partial charge in [-0.1, -0.05) is 53.6 Å². The van der Waals surface area contributed by atoms with Crippen molar-refractivity contribution in [2.24, 2.45) is 5.11 Å². The van der Waals surface area contributed by atoms with Crippen molar-refractivity contribution in [3.8, 4) is 11.1 Å². The third-order valence-corrected chi connectivity index (χ3v) is 5.25. The maximum Gasteiger partial charge on any atom is 0.407 e. The number of amides is 2. The second kappa shape index (κ2) is 14.6. The maximum absolute atomic E-state index is 12.1. The van der Waals surface area contributed by atoms with E-state index >= 15 is 0 Å². The topological polar surface area (TPSA) is 144 Å². The van der Waals surface area contributed by atoms with Gasteiger partial charge in [-0.25, -0.2) is 4.79 Å². The molecule has 0 spiro atoms. The summed E-state index contributed by atoms with van der Waals surface area (Å²) in [5.74, 6) is -0.435. The van der Waals surface area contributed by atoms with Gasteiger partial charge in [0.05, 0.1) is 33.0 Å². The first kappa shape index (κ1) is 26.0. The molecule has 2 aromatic carbocycles. The van der Waals surface area contributed by atoms with Gasteiger partial charge in [0.2, 0.25) is 5.91 Å². The van der Waals surface area contributed by atoms with E-state index in [-0.39, 0.29) is 32.3 Å². The molecule has 2 aromatic rings. The van der Waals surface area contributed by atoms with Crippen LogP contribution < -0.4 is 10.6 Å². The summed E-state index contributed by atoms with van der Waals surface area (Å²) in [5.41, 5.74) is 12.7. The molecule has 0 bridgehead atoms. The molecule has 186 valence electrons. The summed E-state index contributed by atoms with van der Waals surface area (Å²) in [6.45, 7) is 2.00. The quantitative estimate of drug-likeness (QED) is 0.131. The van der Waals surface area contributed by atoms with E-state index in [2.05, 4.69) is 32.8 Å². The van der Waals surface area contributed by atoms with Gasteiger partial charge in [-0.2, -0.15) is 0 Å². The third-order valence-electron chi connectivity index (χ3n) is 5.25. The maximum atomic E-state index is 12.1. The summed E-state index contributed by atoms with van der Waals surface area (Å²) in [4.78, 5) is 26.6. The van der Waals surface area contributed by atoms with Crippen LogP contribution in [0.3, 0.4) is 0 Å². The summed E-state index contributed by atoms with van der Waals surface area (Å²) in [6.07, 6.45) is -0.655. The predicted molar refractivity (Wildman–Crippen MR) is 128 cm³/mol. The lowest BCUT2D eigenvalue weighted by Gasteiger charge is -2.14. The average Bonchev–Trinajstić information content (AvgIpc) is 3.20. The lowest BCUT2D eigenvalue weighted by molar-refractivity contribution is -0.122. The van der Waals surface area contributed by atoms with Crippen LogP contribution in [0.25, 0.3) is 21.6 Å². The van der Waals surface area contributed by atoms with Gasteiger partial charge in [0.1, 0.15) is 19.9 Å². The van der Waals surface area contributed by atoms with Gasteiger partial charge in [-0.3, -0.25) is 4.79 Å². The standard InChI is InChI=1S/C24H29N5O6/c25-29-28-9-10-32-11-12-33-13-14-34-17-27-23(30)15-26-24(31)35-16-22-20-7-3-1-5-18(20)19-6-2-4-8-21(19)22/h1-8,22H,9-17H2,(H,26,31)(H,27,30). The van der Waals surface area contributed by atoms with Gasteiger partial charge in [-0.05, 0) is 27.8 Å². The fourth-order valence-corrected chi connectivity index (χ4v) is 3.66. The molecule has 0 aromatic heterocycles. The molecule has 11 nitrogen and oxygen atoms in total. The molecular formula is C24H29N5O6. The van der Waals surface area contributed by atoms with Crippen molar-refractivity contribution in [2.45, 2.75) is 5.92 Å². The highest BCUT2D eigenvalue weighted by molar-refractivity contribution is 5.82. The average molecular weight is 484 g/mol. The summed E-state index contributed by atoms with van der Waals surface area (Å²) >= 11 is 0. The van der Waals surface area contributed by atoms with Crippen LogP contribution in [0.5, 0.6) is 0 Å². The number of azide groups is 1. The Morgan fingerprint density at radius 3 is 2.11 bits per heavy atom. The molecule has 2 amide bonds. The number of carbonyl (C=O) groups is 2. The molecule has 3 rings (SSSR count). The molecule has 2 N–H and O–H groups in total. The molecule has 0 unspecified atom stereocenters. The van der Waals surface area contributed by atoms with E-state index in [0.717, 1.165) is 22.3 Å². The van der Waals surface area contributed by atoms with E-state index < -0.39 is 12.0 Å². The first-order valence-electron chi connectivity index (χ1n) is 11.3. The molecule has 0 saturated carbocycles. The normalized spacial score (nSPS) is 11.8. The number of nitrogens with one attached hydrogen (secondary N) is 2. The van der Waals surface area contributed by atoms with Crippen molar-refractivity contribution >= 4 is 12.0 Å². The monoisotopic (exact) mass is 483 g/mol. The lowest BCUT2D eigenvalue weighted by atomic mass is 9.98. The van der Waals surface area contributed by atoms with Crippen LogP contribution >= 0.6 is 0 Å². The molecular weight excluding hydrogens is 454 g/mol. The number of alkyl carbamates (subject to hydrolysis) is 1. The summed E-state index contributed by atoms with van der Waals surface area (Å²) < 4.78 is 21.1. The van der Waals surface area contributed by atoms with E-state index in [1.54, 1.807) is 0 Å². The molecule has 0 heterocycles. The van der Waals surface area contributed by atoms with E-state index in [0.29, 0.717) is 33.0 Å². The smallest absolute Gasteiger partial charge is 0.407 e. The molecule has 1 aliphatic rings. The van der Waals surface area contributed by atoms with E-state index in [1.165, 1.54) is 0 Å². The van der Waals surface area contributed by atoms with Gasteiger partial charge in [-0.15, -0.1) is 0 Å². The van der Waals surface area contributed by atoms with Crippen molar-refractivity contribution in [1.82, 2.24) is 10.6 Å². The van der Waals surface area contributed by atoms with Crippen molar-refractivity contribution < 1.29 is 28.5 Å². The first-order valence-corrected chi connectivity index (χ1v) is 11.3. The van der Waals surface area contributed by atoms with E-state index in [9.17, 15) is 9.59 Å². The van der Waals surface area contributed by atoms with Gasteiger partial charge in [0.15, 0.2) is 0 Å². The zero-order valence-corrected chi connectivity index (χ0v) is 19.4. The van der Waals surface area contributed by atoms with Gasteiger partial charge < -0.3 is 29.6 Å². The molecule has 0 fully saturated rings. The van der Waals surface area contributed by atoms with E-state index in [1.807, 2.05) is 36.4 Å². The van der Waals surface area contributed by atoms with Crippen molar-refractivity contribution in [2.75, 3.05) is 59.5 Å². The van der Waals surface area contributed by atoms with Crippen LogP contribution in [-0.2, 0) is 23.7 Å². The third kappa shape index (κ3) is 8.27. The summed E-state index contributed by atoms with van der Waals surface area (Å²) in [7, 11) is 0. The Bertz CT molecular complexity index is 981. The predicted octanol–water partition coefficient (Wildman–Crippen LogP) is 2.96. The number of nitrogens with zero attached hydrogens (tertiary/aromatic N) is 3. The molecule has 0 radical (unpaired) electrons. The molecule has 1 aliphatic carbocycles. The largest absolute Gasteiger partial charge is 0.449 e. The summed E-state index contributed by atoms with van der Waals surface area (Å²) in [6, 6.07) is 16.2. The van der Waals surface area contributed by atoms with Crippen molar-refractivity contribution in [1.29, 1.82) is 0 Å². The Hall–Kier alpha value is -3.63. The van der Waals surface area contributed by atoms with Crippen LogP contribution in [0.1, 0.15) is 17.0 Å². The van der Waals surface area contributed by atoms with Crippen LogP contribution in [-0.4, -0.2) is 71.5 Å². The number of ether oxygens (including phenoxy) is 4. The Morgan fingerprint density at radius 2 is 1.46 bits per heavy atom. The van der Waals surface area contributed by atoms with Crippen LogP contribution in [0, 0.1) is 0 Å². The molecule has 35 heavy (non-hydrogen) atoms. The zero-order valence-electron chi connectivity index (χ0n) is 19.4. The number of rotatable bonds is 15. The Kier molecular flexibility index (Phi) is 10.8. The minimum absolute atomic E-state index is 0.00275. The molecule has 0 saturated heterocycles. The lowest BCUT2D eigenvalue weighted by Crippen LogP contribution is -2.38. The molecule has 11 heteroatoms. The zero-order chi connectivity index (χ0) is 24.7. The van der Waals surface area contributed by atoms with Gasteiger partial charge in [0.25, 0.3) is 0 Å². The Labute approximate surface area is 203 Å². The van der Waals surface area contributed by atoms with Gasteiger partial charge in [0, 0.05) is 17.4 Å². The van der Waals surface area contributed by atoms with Gasteiger partial charge >= 0.3 is 6.09 Å². The van der Waals surface area contributed by atoms with E-state index in [4.69, 9.17) is 24.5 Å². The number of fused-ring (bicyclic) bond motifs is 3. The highest BCUT2D eigenvalue weighted by Gasteiger charge is 2.28. The fraction of sp³-hybridized carbons (Fsp3) is 0.417.